The average Bonchev–Trinajstić information content (AvgIpc) is 2.86. The third-order valence-corrected chi connectivity index (χ3v) is 14.3. The molecule has 2 unspecified atom stereocenters. The van der Waals surface area contributed by atoms with E-state index in [0.29, 0.717) is 0 Å². The third kappa shape index (κ3) is 5.91. The highest BCUT2D eigenvalue weighted by Gasteiger charge is 2.61. The first-order valence-electron chi connectivity index (χ1n) is 7.68. The number of ether oxygens (including phenoxy) is 1. The molecule has 16 nitrogen and oxygen atoms in total. The number of hydrogen-bond donors (Lipinski definition) is 7. The summed E-state index contributed by atoms with van der Waals surface area (Å²) in [5.74, 6) is 0. The number of hydrogen-bond acceptors (Lipinski definition) is 10. The lowest BCUT2D eigenvalue weighted by Gasteiger charge is -2.27. The first-order chi connectivity index (χ1) is 13.9. The summed E-state index contributed by atoms with van der Waals surface area (Å²) in [6, 6.07) is 0.927. The van der Waals surface area contributed by atoms with Crippen LogP contribution in [0.1, 0.15) is 6.23 Å². The molecular weight excluding hydrogens is 625 g/mol. The Morgan fingerprint density at radius 3 is 2.23 bits per heavy atom. The molecular formula is C10H15Br2N2O14P3. The van der Waals surface area contributed by atoms with Crippen LogP contribution in [-0.4, -0.2) is 67.0 Å². The monoisotopic (exact) mass is 638 g/mol. The van der Waals surface area contributed by atoms with Gasteiger partial charge in [0.15, 0.2) is 6.23 Å². The Labute approximate surface area is 188 Å². The molecule has 1 fully saturated rings. The summed E-state index contributed by atoms with van der Waals surface area (Å²) < 4.78 is 46.6. The van der Waals surface area contributed by atoms with Crippen LogP contribution < -0.4 is 11.2 Å². The Morgan fingerprint density at radius 1 is 1.13 bits per heavy atom. The zero-order valence-corrected chi connectivity index (χ0v) is 20.5. The molecule has 1 saturated heterocycles. The van der Waals surface area contributed by atoms with Crippen molar-refractivity contribution < 1.29 is 57.1 Å². The molecule has 31 heavy (non-hydrogen) atoms. The van der Waals surface area contributed by atoms with E-state index in [0.717, 1.165) is 16.8 Å². The Balaban J connectivity index is 2.12. The predicted octanol–water partition coefficient (Wildman–Crippen LogP) is -0.946. The summed E-state index contributed by atoms with van der Waals surface area (Å²) in [4.78, 5) is 62.3. The molecule has 178 valence electrons. The topological polar surface area (TPSA) is 255 Å². The van der Waals surface area contributed by atoms with E-state index in [9.17, 15) is 43.3 Å². The van der Waals surface area contributed by atoms with Crippen molar-refractivity contribution in [1.82, 2.24) is 9.55 Å². The molecule has 0 amide bonds. The van der Waals surface area contributed by atoms with Crippen molar-refractivity contribution in [3.8, 4) is 0 Å². The fourth-order valence-electron chi connectivity index (χ4n) is 2.27. The van der Waals surface area contributed by atoms with Crippen molar-refractivity contribution in [2.45, 2.75) is 27.3 Å². The van der Waals surface area contributed by atoms with Crippen molar-refractivity contribution in [2.75, 3.05) is 6.61 Å². The zero-order chi connectivity index (χ0) is 24.0. The molecule has 1 aromatic heterocycles. The van der Waals surface area contributed by atoms with Crippen LogP contribution in [0.2, 0.25) is 0 Å². The number of halogens is 2. The van der Waals surface area contributed by atoms with Gasteiger partial charge in [-0.2, -0.15) is 0 Å². The van der Waals surface area contributed by atoms with Crippen LogP contribution in [-0.2, 0) is 27.3 Å². The van der Waals surface area contributed by atoms with E-state index in [-0.39, 0.29) is 0 Å². The van der Waals surface area contributed by atoms with Crippen LogP contribution >= 0.6 is 54.9 Å². The largest absolute Gasteiger partial charge is 0.479 e. The van der Waals surface area contributed by atoms with Crippen molar-refractivity contribution in [3.63, 3.8) is 0 Å². The molecule has 21 heteroatoms. The molecule has 1 aliphatic heterocycles. The summed E-state index contributed by atoms with van der Waals surface area (Å²) in [5, 5.41) is 20.1. The van der Waals surface area contributed by atoms with Crippen LogP contribution in [0.15, 0.2) is 21.9 Å². The standard InChI is InChI=1S/C10H15Br2N2O14P3/c11-10(12,29(19,20)21)30(22,23)28-31(24,25)26-3-4-6(16)7(17)8(27-4)14-2-1-5(15)13-9(14)18/h1-2,4,6-8,16-17H,3H2,(H,22,23)(H,24,25)(H,13,15,18)(H2,19,20,21)/t4-,6-,7-,8-/m1/s1. The van der Waals surface area contributed by atoms with Crippen LogP contribution in [0.5, 0.6) is 0 Å². The normalized spacial score (nSPS) is 28.8. The highest BCUT2D eigenvalue weighted by molar-refractivity contribution is 9.29. The number of aliphatic hydroxyl groups excluding tert-OH is 2. The summed E-state index contributed by atoms with van der Waals surface area (Å²) >= 11 is 4.46. The predicted molar refractivity (Wildman–Crippen MR) is 107 cm³/mol. The molecule has 0 spiro atoms. The van der Waals surface area contributed by atoms with Crippen LogP contribution in [0, 0.1) is 0 Å². The number of nitrogens with zero attached hydrogens (tertiary/aromatic N) is 1. The van der Waals surface area contributed by atoms with Gasteiger partial charge in [0.25, 0.3) is 8.27 Å². The lowest BCUT2D eigenvalue weighted by molar-refractivity contribution is -0.0541. The number of phosphoric acid groups is 1. The Hall–Kier alpha value is -0.0300. The zero-order valence-electron chi connectivity index (χ0n) is 14.7. The molecule has 1 aromatic rings. The van der Waals surface area contributed by atoms with Gasteiger partial charge in [-0.05, 0) is 31.9 Å². The molecule has 0 saturated carbocycles. The highest BCUT2D eigenvalue weighted by Crippen LogP contribution is 2.81. The van der Waals surface area contributed by atoms with E-state index in [2.05, 4.69) is 40.7 Å². The van der Waals surface area contributed by atoms with Crippen LogP contribution in [0.4, 0.5) is 0 Å². The van der Waals surface area contributed by atoms with Gasteiger partial charge < -0.3 is 34.5 Å². The second-order valence-electron chi connectivity index (χ2n) is 5.98. The quantitative estimate of drug-likeness (QED) is 0.134. The van der Waals surface area contributed by atoms with Gasteiger partial charge in [-0.3, -0.25) is 28.0 Å². The van der Waals surface area contributed by atoms with Crippen molar-refractivity contribution >= 4 is 54.9 Å². The molecule has 0 aromatic carbocycles. The number of aliphatic hydroxyl groups is 2. The van der Waals surface area contributed by atoms with Gasteiger partial charge >= 0.3 is 28.7 Å². The van der Waals surface area contributed by atoms with Gasteiger partial charge in [0.05, 0.1) is 6.61 Å². The van der Waals surface area contributed by atoms with Gasteiger partial charge in [0.2, 0.25) is 0 Å². The maximum Gasteiger partial charge on any atom is 0.479 e. The van der Waals surface area contributed by atoms with E-state index in [4.69, 9.17) is 14.5 Å². The lowest BCUT2D eigenvalue weighted by Crippen LogP contribution is -2.37. The molecule has 6 atom stereocenters. The Bertz CT molecular complexity index is 1080. The smallest absolute Gasteiger partial charge is 0.387 e. The summed E-state index contributed by atoms with van der Waals surface area (Å²) in [7, 11) is -16.5. The minimum absolute atomic E-state index is 0.719. The first-order valence-corrected chi connectivity index (χ1v) is 13.9. The van der Waals surface area contributed by atoms with Crippen molar-refractivity contribution in [3.05, 3.63) is 33.1 Å². The number of aromatic amines is 1. The summed E-state index contributed by atoms with van der Waals surface area (Å²) in [6.07, 6.45) is -5.69. The maximum atomic E-state index is 12.1. The molecule has 0 aliphatic carbocycles. The van der Waals surface area contributed by atoms with E-state index in [1.807, 2.05) is 4.98 Å². The second-order valence-corrected chi connectivity index (χ2v) is 17.5. The lowest BCUT2D eigenvalue weighted by atomic mass is 10.1. The van der Waals surface area contributed by atoms with E-state index < -0.39 is 68.1 Å². The number of alkyl halides is 2. The van der Waals surface area contributed by atoms with E-state index in [1.54, 1.807) is 0 Å². The van der Waals surface area contributed by atoms with Crippen LogP contribution in [0.3, 0.4) is 0 Å². The molecule has 7 N–H and O–H groups in total. The SMILES string of the molecule is O=c1ccn([C@@H]2O[C@H](COP(=O)(O)OP(=O)(O)C(Br)(Br)P(=O)(O)O)[C@@H](O)[C@H]2O)c(=O)[nH]1. The average molecular weight is 640 g/mol. The fourth-order valence-corrected chi connectivity index (χ4v) is 7.12. The van der Waals surface area contributed by atoms with E-state index >= 15 is 0 Å². The minimum atomic E-state index is -5.60. The first kappa shape index (κ1) is 27.2. The van der Waals surface area contributed by atoms with E-state index in [1.165, 1.54) is 0 Å². The molecule has 1 aliphatic rings. The highest BCUT2D eigenvalue weighted by atomic mass is 79.9. The Kier molecular flexibility index (Phi) is 8.18. The number of nitrogens with one attached hydrogen (secondary N) is 1. The number of rotatable bonds is 8. The minimum Gasteiger partial charge on any atom is -0.387 e. The summed E-state index contributed by atoms with van der Waals surface area (Å²) in [5.41, 5.74) is -1.74. The van der Waals surface area contributed by atoms with Gasteiger partial charge in [0, 0.05) is 12.3 Å². The molecule has 0 bridgehead atoms. The second kappa shape index (κ2) is 9.31. The fraction of sp³-hybridized carbons (Fsp3) is 0.600. The van der Waals surface area contributed by atoms with Crippen molar-refractivity contribution in [2.24, 2.45) is 0 Å². The number of phosphoric ester groups is 1. The number of aromatic nitrogens is 2. The third-order valence-electron chi connectivity index (χ3n) is 3.77. The molecule has 2 rings (SSSR count). The van der Waals surface area contributed by atoms with Gasteiger partial charge in [0.1, 0.15) is 18.3 Å². The molecule has 2 heterocycles. The van der Waals surface area contributed by atoms with Gasteiger partial charge in [-0.15, -0.1) is 0 Å². The number of H-pyrrole nitrogens is 1. The van der Waals surface area contributed by atoms with Gasteiger partial charge in [-0.1, -0.05) is 0 Å². The Morgan fingerprint density at radius 2 is 1.71 bits per heavy atom. The molecule has 0 radical (unpaired) electrons. The van der Waals surface area contributed by atoms with Crippen LogP contribution in [0.25, 0.3) is 0 Å². The van der Waals surface area contributed by atoms with Gasteiger partial charge in [-0.25, -0.2) is 13.7 Å². The van der Waals surface area contributed by atoms with Crippen molar-refractivity contribution in [1.29, 1.82) is 0 Å². The maximum absolute atomic E-state index is 12.1. The summed E-state index contributed by atoms with van der Waals surface area (Å²) in [6.45, 7) is -1.03.